The normalized spacial score (nSPS) is 10.6. The average molecular weight is 245 g/mol. The molecule has 0 atom stereocenters. The minimum absolute atomic E-state index is 0.0384. The maximum absolute atomic E-state index is 12.2. The molecule has 1 aromatic heterocycles. The van der Waals surface area contributed by atoms with E-state index in [1.807, 2.05) is 31.2 Å². The molecular weight excluding hydrogens is 230 g/mol. The number of benzene rings is 1. The summed E-state index contributed by atoms with van der Waals surface area (Å²) in [5.74, 6) is -0.391. The van der Waals surface area contributed by atoms with Crippen LogP contribution >= 0.6 is 0 Å². The lowest BCUT2D eigenvalue weighted by Gasteiger charge is -2.10. The van der Waals surface area contributed by atoms with Gasteiger partial charge < -0.3 is 9.30 Å². The van der Waals surface area contributed by atoms with E-state index in [1.54, 1.807) is 13.0 Å². The SMILES string of the molecule is CCOC(=O)Cn1c(C)cc2ccccc2c1=O. The summed E-state index contributed by atoms with van der Waals surface area (Å²) in [6.45, 7) is 3.84. The molecule has 18 heavy (non-hydrogen) atoms. The van der Waals surface area contributed by atoms with E-state index in [0.717, 1.165) is 11.1 Å². The van der Waals surface area contributed by atoms with Crippen molar-refractivity contribution in [1.82, 2.24) is 4.57 Å². The molecule has 1 heterocycles. The van der Waals surface area contributed by atoms with Gasteiger partial charge in [-0.15, -0.1) is 0 Å². The van der Waals surface area contributed by atoms with Crippen molar-refractivity contribution in [3.05, 3.63) is 46.4 Å². The van der Waals surface area contributed by atoms with Gasteiger partial charge >= 0.3 is 5.97 Å². The van der Waals surface area contributed by atoms with Gasteiger partial charge in [0.05, 0.1) is 6.61 Å². The Hall–Kier alpha value is -2.10. The van der Waals surface area contributed by atoms with Gasteiger partial charge in [-0.3, -0.25) is 9.59 Å². The maximum atomic E-state index is 12.2. The van der Waals surface area contributed by atoms with Crippen LogP contribution in [0, 0.1) is 6.92 Å². The molecular formula is C14H15NO3. The molecule has 0 amide bonds. The van der Waals surface area contributed by atoms with Crippen LogP contribution in [-0.2, 0) is 16.1 Å². The number of esters is 1. The molecule has 0 saturated heterocycles. The van der Waals surface area contributed by atoms with Gasteiger partial charge in [0.1, 0.15) is 6.54 Å². The average Bonchev–Trinajstić information content (AvgIpc) is 2.35. The predicted molar refractivity (Wildman–Crippen MR) is 69.6 cm³/mol. The Labute approximate surface area is 105 Å². The zero-order valence-electron chi connectivity index (χ0n) is 10.5. The lowest BCUT2D eigenvalue weighted by atomic mass is 10.1. The van der Waals surface area contributed by atoms with Gasteiger partial charge in [0.15, 0.2) is 0 Å². The van der Waals surface area contributed by atoms with Crippen LogP contribution in [0.25, 0.3) is 10.8 Å². The summed E-state index contributed by atoms with van der Waals surface area (Å²) in [6, 6.07) is 9.25. The smallest absolute Gasteiger partial charge is 0.326 e. The number of carbonyl (C=O) groups is 1. The van der Waals surface area contributed by atoms with Crippen molar-refractivity contribution in [2.24, 2.45) is 0 Å². The summed E-state index contributed by atoms with van der Waals surface area (Å²) in [5.41, 5.74) is 0.602. The molecule has 2 rings (SSSR count). The topological polar surface area (TPSA) is 48.3 Å². The summed E-state index contributed by atoms with van der Waals surface area (Å²) >= 11 is 0. The number of fused-ring (bicyclic) bond motifs is 1. The van der Waals surface area contributed by atoms with Crippen LogP contribution in [0.1, 0.15) is 12.6 Å². The van der Waals surface area contributed by atoms with E-state index < -0.39 is 5.97 Å². The first-order valence-electron chi connectivity index (χ1n) is 5.88. The van der Waals surface area contributed by atoms with E-state index >= 15 is 0 Å². The van der Waals surface area contributed by atoms with Gasteiger partial charge in [0.2, 0.25) is 0 Å². The molecule has 4 nitrogen and oxygen atoms in total. The van der Waals surface area contributed by atoms with Crippen molar-refractivity contribution in [3.8, 4) is 0 Å². The number of nitrogens with zero attached hydrogens (tertiary/aromatic N) is 1. The van der Waals surface area contributed by atoms with Crippen molar-refractivity contribution >= 4 is 16.7 Å². The second-order valence-electron chi connectivity index (χ2n) is 4.07. The Morgan fingerprint density at radius 2 is 2.06 bits per heavy atom. The number of pyridine rings is 1. The third-order valence-electron chi connectivity index (χ3n) is 2.82. The maximum Gasteiger partial charge on any atom is 0.326 e. The highest BCUT2D eigenvalue weighted by Gasteiger charge is 2.10. The van der Waals surface area contributed by atoms with E-state index in [-0.39, 0.29) is 12.1 Å². The van der Waals surface area contributed by atoms with Gasteiger partial charge in [-0.05, 0) is 31.4 Å². The molecule has 0 N–H and O–H groups in total. The van der Waals surface area contributed by atoms with E-state index in [9.17, 15) is 9.59 Å². The van der Waals surface area contributed by atoms with E-state index in [4.69, 9.17) is 4.74 Å². The molecule has 4 heteroatoms. The van der Waals surface area contributed by atoms with Gasteiger partial charge in [-0.2, -0.15) is 0 Å². The molecule has 0 fully saturated rings. The molecule has 0 aliphatic rings. The highest BCUT2D eigenvalue weighted by molar-refractivity contribution is 5.82. The first-order valence-corrected chi connectivity index (χ1v) is 5.88. The third kappa shape index (κ3) is 2.27. The Morgan fingerprint density at radius 3 is 2.78 bits per heavy atom. The molecule has 0 saturated carbocycles. The predicted octanol–water partition coefficient (Wildman–Crippen LogP) is 1.87. The molecule has 0 aliphatic carbocycles. The second-order valence-corrected chi connectivity index (χ2v) is 4.07. The Morgan fingerprint density at radius 1 is 1.33 bits per heavy atom. The zero-order valence-corrected chi connectivity index (χ0v) is 10.5. The lowest BCUT2D eigenvalue weighted by Crippen LogP contribution is -2.27. The standard InChI is InChI=1S/C14H15NO3/c1-3-18-13(16)9-15-10(2)8-11-6-4-5-7-12(11)14(15)17/h4-8H,3,9H2,1-2H3. The Balaban J connectivity index is 2.51. The molecule has 0 aliphatic heterocycles. The van der Waals surface area contributed by atoms with Gasteiger partial charge in [-0.1, -0.05) is 18.2 Å². The fourth-order valence-corrected chi connectivity index (χ4v) is 1.96. The largest absolute Gasteiger partial charge is 0.465 e. The van der Waals surface area contributed by atoms with E-state index in [1.165, 1.54) is 4.57 Å². The van der Waals surface area contributed by atoms with Crippen molar-refractivity contribution in [3.63, 3.8) is 0 Å². The summed E-state index contributed by atoms with van der Waals surface area (Å²) < 4.78 is 6.31. The van der Waals surface area contributed by atoms with Gasteiger partial charge in [0, 0.05) is 11.1 Å². The monoisotopic (exact) mass is 245 g/mol. The summed E-state index contributed by atoms with van der Waals surface area (Å²) in [5, 5.41) is 1.51. The highest BCUT2D eigenvalue weighted by Crippen LogP contribution is 2.11. The molecule has 0 spiro atoms. The number of carbonyl (C=O) groups excluding carboxylic acids is 1. The third-order valence-corrected chi connectivity index (χ3v) is 2.82. The fraction of sp³-hybridized carbons (Fsp3) is 0.286. The first kappa shape index (κ1) is 12.4. The Kier molecular flexibility index (Phi) is 3.46. The minimum Gasteiger partial charge on any atom is -0.465 e. The van der Waals surface area contributed by atoms with Crippen LogP contribution in [0.4, 0.5) is 0 Å². The molecule has 94 valence electrons. The first-order chi connectivity index (χ1) is 8.63. The van der Waals surface area contributed by atoms with Crippen molar-refractivity contribution in [2.45, 2.75) is 20.4 Å². The van der Waals surface area contributed by atoms with Crippen LogP contribution < -0.4 is 5.56 Å². The highest BCUT2D eigenvalue weighted by atomic mass is 16.5. The molecule has 1 aromatic carbocycles. The van der Waals surface area contributed by atoms with Crippen molar-refractivity contribution in [2.75, 3.05) is 6.61 Å². The number of aromatic nitrogens is 1. The zero-order chi connectivity index (χ0) is 13.1. The van der Waals surface area contributed by atoms with Crippen molar-refractivity contribution < 1.29 is 9.53 Å². The second kappa shape index (κ2) is 5.04. The van der Waals surface area contributed by atoms with Crippen LogP contribution in [0.2, 0.25) is 0 Å². The number of rotatable bonds is 3. The Bertz CT molecular complexity index is 643. The van der Waals surface area contributed by atoms with Crippen LogP contribution in [-0.4, -0.2) is 17.1 Å². The molecule has 0 bridgehead atoms. The number of hydrogen-bond donors (Lipinski definition) is 0. The lowest BCUT2D eigenvalue weighted by molar-refractivity contribution is -0.143. The van der Waals surface area contributed by atoms with E-state index in [2.05, 4.69) is 0 Å². The van der Waals surface area contributed by atoms with Crippen LogP contribution in [0.3, 0.4) is 0 Å². The summed E-state index contributed by atoms with van der Waals surface area (Å²) in [6.07, 6.45) is 0. The summed E-state index contributed by atoms with van der Waals surface area (Å²) in [4.78, 5) is 23.7. The summed E-state index contributed by atoms with van der Waals surface area (Å²) in [7, 11) is 0. The fourth-order valence-electron chi connectivity index (χ4n) is 1.96. The number of aryl methyl sites for hydroxylation is 1. The number of hydrogen-bond acceptors (Lipinski definition) is 3. The molecule has 0 radical (unpaired) electrons. The quantitative estimate of drug-likeness (QED) is 0.776. The van der Waals surface area contributed by atoms with E-state index in [0.29, 0.717) is 12.0 Å². The molecule has 0 unspecified atom stereocenters. The van der Waals surface area contributed by atoms with Crippen LogP contribution in [0.5, 0.6) is 0 Å². The van der Waals surface area contributed by atoms with Gasteiger partial charge in [-0.25, -0.2) is 0 Å². The van der Waals surface area contributed by atoms with Crippen LogP contribution in [0.15, 0.2) is 35.1 Å². The van der Waals surface area contributed by atoms with Gasteiger partial charge in [0.25, 0.3) is 5.56 Å². The molecule has 2 aromatic rings. The number of ether oxygens (including phenoxy) is 1. The van der Waals surface area contributed by atoms with Crippen molar-refractivity contribution in [1.29, 1.82) is 0 Å². The minimum atomic E-state index is -0.391.